The SMILES string of the molecule is CCNC(=O)[C@@H]1CCCN1C(=O)[C@H](CCCN=C(N)N)NC(=O)[C@@H](N)[C@@H](C)CC.Cl.Cl. The van der Waals surface area contributed by atoms with Gasteiger partial charge in [0.1, 0.15) is 12.1 Å². The van der Waals surface area contributed by atoms with Crippen LogP contribution in [-0.4, -0.2) is 66.3 Å². The molecule has 8 N–H and O–H groups in total. The Morgan fingerprint density at radius 1 is 1.19 bits per heavy atom. The minimum atomic E-state index is -0.776. The Balaban J connectivity index is 0. The summed E-state index contributed by atoms with van der Waals surface area (Å²) in [4.78, 5) is 43.6. The highest BCUT2D eigenvalue weighted by atomic mass is 35.5. The minimum absolute atomic E-state index is 0. The first kappa shape index (κ1) is 31.4. The molecule has 1 saturated heterocycles. The number of nitrogens with one attached hydrogen (secondary N) is 2. The molecule has 0 spiro atoms. The fraction of sp³-hybridized carbons (Fsp3) is 0.789. The second-order valence-corrected chi connectivity index (χ2v) is 7.51. The lowest BCUT2D eigenvalue weighted by Gasteiger charge is -2.29. The smallest absolute Gasteiger partial charge is 0.245 e. The molecule has 1 fully saturated rings. The lowest BCUT2D eigenvalue weighted by atomic mass is 9.98. The van der Waals surface area contributed by atoms with Crippen LogP contribution < -0.4 is 27.8 Å². The van der Waals surface area contributed by atoms with Gasteiger partial charge in [-0.25, -0.2) is 0 Å². The van der Waals surface area contributed by atoms with Crippen LogP contribution >= 0.6 is 24.8 Å². The molecule has 0 radical (unpaired) electrons. The van der Waals surface area contributed by atoms with Crippen molar-refractivity contribution in [2.45, 2.75) is 71.0 Å². The number of likely N-dealkylation sites (tertiary alicyclic amines) is 1. The standard InChI is InChI=1S/C19H37N7O3.2ClH/c1-4-12(3)15(20)17(28)25-13(8-6-10-24-19(21)22)18(29)26-11-7-9-14(26)16(27)23-5-2;;/h12-15H,4-11,20H2,1-3H3,(H,23,27)(H,25,28)(H4,21,22,24);2*1H/t12-,13-,14-,15-;;/m0../s1. The van der Waals surface area contributed by atoms with Crippen molar-refractivity contribution in [3.8, 4) is 0 Å². The first-order valence-electron chi connectivity index (χ1n) is 10.4. The molecule has 182 valence electrons. The van der Waals surface area contributed by atoms with Crippen LogP contribution in [0, 0.1) is 5.92 Å². The van der Waals surface area contributed by atoms with Crippen LogP contribution in [0.2, 0.25) is 0 Å². The molecule has 4 atom stereocenters. The first-order valence-corrected chi connectivity index (χ1v) is 10.4. The fourth-order valence-electron chi connectivity index (χ4n) is 3.34. The third-order valence-electron chi connectivity index (χ3n) is 5.31. The van der Waals surface area contributed by atoms with Crippen LogP contribution in [0.5, 0.6) is 0 Å². The summed E-state index contributed by atoms with van der Waals surface area (Å²) in [5.41, 5.74) is 16.7. The van der Waals surface area contributed by atoms with E-state index in [-0.39, 0.29) is 54.4 Å². The van der Waals surface area contributed by atoms with Crippen molar-refractivity contribution in [2.24, 2.45) is 28.1 Å². The van der Waals surface area contributed by atoms with E-state index in [0.717, 1.165) is 12.8 Å². The number of carbonyl (C=O) groups is 3. The average Bonchev–Trinajstić information content (AvgIpc) is 3.18. The van der Waals surface area contributed by atoms with Crippen LogP contribution in [-0.2, 0) is 14.4 Å². The third kappa shape index (κ3) is 9.92. The van der Waals surface area contributed by atoms with Gasteiger partial charge in [-0.3, -0.25) is 19.4 Å². The van der Waals surface area contributed by atoms with Crippen LogP contribution in [0.1, 0.15) is 52.9 Å². The zero-order chi connectivity index (χ0) is 22.0. The van der Waals surface area contributed by atoms with Crippen molar-refractivity contribution in [3.05, 3.63) is 0 Å². The molecule has 12 heteroatoms. The molecule has 0 bridgehead atoms. The predicted octanol–water partition coefficient (Wildman–Crippen LogP) is -0.131. The molecule has 1 heterocycles. The van der Waals surface area contributed by atoms with E-state index in [0.29, 0.717) is 38.9 Å². The molecule has 1 rings (SSSR count). The monoisotopic (exact) mass is 483 g/mol. The quantitative estimate of drug-likeness (QED) is 0.155. The normalized spacial score (nSPS) is 17.9. The number of hydrogen-bond acceptors (Lipinski definition) is 5. The summed E-state index contributed by atoms with van der Waals surface area (Å²) in [6.07, 6.45) is 2.97. The largest absolute Gasteiger partial charge is 0.370 e. The van der Waals surface area contributed by atoms with Gasteiger partial charge in [0, 0.05) is 19.6 Å². The van der Waals surface area contributed by atoms with Gasteiger partial charge in [-0.15, -0.1) is 24.8 Å². The van der Waals surface area contributed by atoms with Crippen LogP contribution in [0.3, 0.4) is 0 Å². The molecule has 3 amide bonds. The van der Waals surface area contributed by atoms with E-state index in [1.807, 2.05) is 20.8 Å². The van der Waals surface area contributed by atoms with Crippen molar-refractivity contribution in [3.63, 3.8) is 0 Å². The zero-order valence-corrected chi connectivity index (χ0v) is 20.3. The molecule has 1 aliphatic heterocycles. The van der Waals surface area contributed by atoms with E-state index < -0.39 is 18.1 Å². The minimum Gasteiger partial charge on any atom is -0.370 e. The number of hydrogen-bond donors (Lipinski definition) is 5. The number of likely N-dealkylation sites (N-methyl/N-ethyl adjacent to an activating group) is 1. The maximum Gasteiger partial charge on any atom is 0.245 e. The zero-order valence-electron chi connectivity index (χ0n) is 18.6. The molecule has 1 aliphatic rings. The fourth-order valence-corrected chi connectivity index (χ4v) is 3.34. The molecule has 0 aromatic carbocycles. The lowest BCUT2D eigenvalue weighted by Crippen LogP contribution is -2.56. The van der Waals surface area contributed by atoms with E-state index in [4.69, 9.17) is 17.2 Å². The van der Waals surface area contributed by atoms with Gasteiger partial charge in [0.25, 0.3) is 0 Å². The van der Waals surface area contributed by atoms with Gasteiger partial charge in [0.05, 0.1) is 6.04 Å². The number of nitrogens with two attached hydrogens (primary N) is 3. The molecular formula is C19H39Cl2N7O3. The highest BCUT2D eigenvalue weighted by Gasteiger charge is 2.37. The molecule has 31 heavy (non-hydrogen) atoms. The van der Waals surface area contributed by atoms with Gasteiger partial charge >= 0.3 is 0 Å². The molecule has 10 nitrogen and oxygen atoms in total. The Hall–Kier alpha value is -1.78. The van der Waals surface area contributed by atoms with Gasteiger partial charge in [-0.05, 0) is 38.5 Å². The van der Waals surface area contributed by atoms with Gasteiger partial charge in [0.2, 0.25) is 17.7 Å². The van der Waals surface area contributed by atoms with Crippen molar-refractivity contribution in [1.29, 1.82) is 0 Å². The van der Waals surface area contributed by atoms with E-state index in [1.54, 1.807) is 4.90 Å². The summed E-state index contributed by atoms with van der Waals surface area (Å²) in [6, 6.07) is -1.99. The van der Waals surface area contributed by atoms with E-state index >= 15 is 0 Å². The van der Waals surface area contributed by atoms with Crippen molar-refractivity contribution < 1.29 is 14.4 Å². The Kier molecular flexibility index (Phi) is 16.1. The summed E-state index contributed by atoms with van der Waals surface area (Å²) in [5, 5.41) is 5.56. The van der Waals surface area contributed by atoms with Crippen LogP contribution in [0.25, 0.3) is 0 Å². The van der Waals surface area contributed by atoms with Gasteiger partial charge in [0.15, 0.2) is 5.96 Å². The number of guanidine groups is 1. The van der Waals surface area contributed by atoms with Crippen molar-refractivity contribution >= 4 is 48.5 Å². The highest BCUT2D eigenvalue weighted by molar-refractivity contribution is 5.93. The third-order valence-corrected chi connectivity index (χ3v) is 5.31. The lowest BCUT2D eigenvalue weighted by molar-refractivity contribution is -0.141. The second kappa shape index (κ2) is 15.9. The summed E-state index contributed by atoms with van der Waals surface area (Å²) in [5.74, 6) is -0.838. The summed E-state index contributed by atoms with van der Waals surface area (Å²) in [6.45, 7) is 7.02. The summed E-state index contributed by atoms with van der Waals surface area (Å²) in [7, 11) is 0. The maximum absolute atomic E-state index is 13.2. The van der Waals surface area contributed by atoms with Crippen LogP contribution in [0.4, 0.5) is 0 Å². The molecule has 0 aromatic rings. The van der Waals surface area contributed by atoms with E-state index in [1.165, 1.54) is 0 Å². The van der Waals surface area contributed by atoms with Gasteiger partial charge < -0.3 is 32.7 Å². The summed E-state index contributed by atoms with van der Waals surface area (Å²) < 4.78 is 0. The first-order chi connectivity index (χ1) is 13.7. The maximum atomic E-state index is 13.2. The number of rotatable bonds is 11. The van der Waals surface area contributed by atoms with Gasteiger partial charge in [-0.2, -0.15) is 0 Å². The Labute approximate surface area is 197 Å². The van der Waals surface area contributed by atoms with Gasteiger partial charge in [-0.1, -0.05) is 20.3 Å². The molecule has 0 saturated carbocycles. The van der Waals surface area contributed by atoms with Crippen molar-refractivity contribution in [2.75, 3.05) is 19.6 Å². The van der Waals surface area contributed by atoms with Crippen molar-refractivity contribution in [1.82, 2.24) is 15.5 Å². The number of halogens is 2. The number of aliphatic imine (C=N–C) groups is 1. The molecule has 0 aromatic heterocycles. The van der Waals surface area contributed by atoms with E-state index in [2.05, 4.69) is 15.6 Å². The highest BCUT2D eigenvalue weighted by Crippen LogP contribution is 2.20. The number of amides is 3. The second-order valence-electron chi connectivity index (χ2n) is 7.51. The molecule has 0 aliphatic carbocycles. The Bertz CT molecular complexity index is 603. The number of carbonyl (C=O) groups excluding carboxylic acids is 3. The average molecular weight is 484 g/mol. The summed E-state index contributed by atoms with van der Waals surface area (Å²) >= 11 is 0. The van der Waals surface area contributed by atoms with Crippen LogP contribution in [0.15, 0.2) is 4.99 Å². The predicted molar refractivity (Wildman–Crippen MR) is 127 cm³/mol. The Morgan fingerprint density at radius 3 is 2.39 bits per heavy atom. The Morgan fingerprint density at radius 2 is 1.84 bits per heavy atom. The van der Waals surface area contributed by atoms with E-state index in [9.17, 15) is 14.4 Å². The topological polar surface area (TPSA) is 169 Å². The molecule has 0 unspecified atom stereocenters. The molecular weight excluding hydrogens is 445 g/mol. The number of nitrogens with zero attached hydrogens (tertiary/aromatic N) is 2.